The van der Waals surface area contributed by atoms with E-state index in [-0.39, 0.29) is 23.4 Å². The molecule has 3 fully saturated rings. The number of phenolic OH excluding ortho intramolecular Hbond substituents is 1. The predicted molar refractivity (Wildman–Crippen MR) is 262 cm³/mol. The molecule has 0 saturated carbocycles. The van der Waals surface area contributed by atoms with Gasteiger partial charge in [-0.15, -0.1) is 0 Å². The average Bonchev–Trinajstić information content (AvgIpc) is 3.84. The molecular weight excluding hydrogens is 901 g/mol. The molecule has 364 valence electrons. The third-order valence-electron chi connectivity index (χ3n) is 14.5. The second kappa shape index (κ2) is 20.7. The van der Waals surface area contributed by atoms with Gasteiger partial charge in [-0.05, 0) is 77.9 Å². The van der Waals surface area contributed by atoms with E-state index in [0.29, 0.717) is 42.6 Å². The maximum Gasteiger partial charge on any atom is 0.329 e. The molecule has 3 saturated heterocycles. The van der Waals surface area contributed by atoms with E-state index < -0.39 is 83.3 Å². The van der Waals surface area contributed by atoms with Gasteiger partial charge in [0.15, 0.2) is 5.92 Å². The number of amides is 4. The van der Waals surface area contributed by atoms with Gasteiger partial charge >= 0.3 is 23.9 Å². The van der Waals surface area contributed by atoms with Crippen LogP contribution in [0.1, 0.15) is 103 Å². The number of anilines is 1. The van der Waals surface area contributed by atoms with Crippen LogP contribution in [0.5, 0.6) is 5.75 Å². The van der Waals surface area contributed by atoms with Crippen molar-refractivity contribution in [3.8, 4) is 17.6 Å². The Labute approximate surface area is 412 Å². The van der Waals surface area contributed by atoms with Crippen LogP contribution >= 0.6 is 0 Å². The molecule has 0 aromatic heterocycles. The zero-order valence-electron chi connectivity index (χ0n) is 39.9. The third kappa shape index (κ3) is 8.91. The average molecular weight is 957 g/mol. The van der Waals surface area contributed by atoms with Crippen LogP contribution in [0.4, 0.5) is 10.5 Å². The van der Waals surface area contributed by atoms with Gasteiger partial charge in [0.2, 0.25) is 11.8 Å². The minimum Gasteiger partial charge on any atom is -0.508 e. The number of ether oxygens (including phenoxy) is 3. The first-order valence-corrected chi connectivity index (χ1v) is 24.1. The van der Waals surface area contributed by atoms with Gasteiger partial charge < -0.3 is 29.5 Å². The number of benzene rings is 5. The Morgan fingerprint density at radius 1 is 0.746 bits per heavy atom. The molecule has 14 nitrogen and oxygen atoms in total. The van der Waals surface area contributed by atoms with E-state index >= 15 is 19.2 Å². The lowest BCUT2D eigenvalue weighted by molar-refractivity contribution is -0.179. The van der Waals surface area contributed by atoms with E-state index in [1.165, 1.54) is 12.1 Å². The number of morpholine rings is 1. The highest BCUT2D eigenvalue weighted by atomic mass is 16.6. The van der Waals surface area contributed by atoms with Crippen LogP contribution in [0, 0.1) is 23.7 Å². The fourth-order valence-electron chi connectivity index (χ4n) is 11.2. The third-order valence-corrected chi connectivity index (χ3v) is 14.5. The highest BCUT2D eigenvalue weighted by Gasteiger charge is 2.76. The molecule has 4 heterocycles. The summed E-state index contributed by atoms with van der Waals surface area (Å²) in [6, 6.07) is 34.9. The van der Waals surface area contributed by atoms with Gasteiger partial charge in [0.05, 0.1) is 44.0 Å². The Bertz CT molecular complexity index is 2840. The summed E-state index contributed by atoms with van der Waals surface area (Å²) in [5.41, 5.74) is 1.46. The Morgan fingerprint density at radius 3 is 1.96 bits per heavy atom. The summed E-state index contributed by atoms with van der Waals surface area (Å²) in [6.07, 6.45) is 3.04. The van der Waals surface area contributed by atoms with Crippen LogP contribution in [0.2, 0.25) is 0 Å². The number of nitrogens with one attached hydrogen (secondary N) is 1. The van der Waals surface area contributed by atoms with Crippen molar-refractivity contribution in [1.82, 2.24) is 15.1 Å². The van der Waals surface area contributed by atoms with Crippen LogP contribution in [-0.4, -0.2) is 84.0 Å². The zero-order chi connectivity index (χ0) is 49.8. The lowest BCUT2D eigenvalue weighted by atomic mass is 9.64. The van der Waals surface area contributed by atoms with Gasteiger partial charge in [-0.3, -0.25) is 28.9 Å². The number of aromatic hydroxyl groups is 1. The fourth-order valence-corrected chi connectivity index (χ4v) is 11.2. The number of cyclic esters (lactones) is 1. The number of likely N-dealkylation sites (tertiary alicyclic amines) is 1. The Balaban J connectivity index is 1.33. The molecule has 0 unspecified atom stereocenters. The molecule has 5 aromatic rings. The Morgan fingerprint density at radius 2 is 1.34 bits per heavy atom. The molecule has 71 heavy (non-hydrogen) atoms. The number of esters is 3. The molecule has 4 aliphatic rings. The molecule has 0 bridgehead atoms. The van der Waals surface area contributed by atoms with E-state index in [9.17, 15) is 14.7 Å². The van der Waals surface area contributed by atoms with E-state index in [4.69, 9.17) is 14.2 Å². The number of nitrogens with zero attached hydrogens (tertiary/aromatic N) is 3. The second-order valence-electron chi connectivity index (χ2n) is 18.5. The number of imide groups is 1. The minimum atomic E-state index is -2.04. The normalized spacial score (nSPS) is 23.3. The number of methoxy groups -OCH3 is 2. The Hall–Kier alpha value is -7.76. The molecule has 4 amide bonds. The maximum absolute atomic E-state index is 16.7. The molecule has 9 rings (SSSR count). The van der Waals surface area contributed by atoms with Gasteiger partial charge in [-0.25, -0.2) is 9.69 Å². The maximum atomic E-state index is 16.7. The smallest absolute Gasteiger partial charge is 0.329 e. The number of hydrogen-bond donors (Lipinski definition) is 2. The fraction of sp³-hybridized carbons (Fsp3) is 0.333. The first kappa shape index (κ1) is 48.3. The number of carbonyl (C=O) groups excluding carboxylic acids is 6. The standard InChI is InChI=1S/C57H56N4O10/c1-36(38-20-10-7-11-21-38)58-56(68)60-45-32-27-37(19-18-26-43(52(64)69-2)53(65)70-3)35-44(45)57(55(60)67)46(51(63)59-33-16-5-4-6-17-34-59)48-54(66)71-49(40-24-14-9-15-25-40)47(39-22-12-8-13-23-39)61(48)50(57)41-28-30-42(62)31-29-41/h7-15,20-25,27-32,35-36,43,46-50,62H,4-6,16-17,26,33-34H2,1-3H3,(H,58,68)/t36-,46+,47+,48+,49-,50-,57+/m1/s1. The van der Waals surface area contributed by atoms with E-state index in [0.717, 1.165) is 49.5 Å². The van der Waals surface area contributed by atoms with E-state index in [1.807, 2.05) is 103 Å². The Kier molecular flexibility index (Phi) is 14.1. The van der Waals surface area contributed by atoms with Crippen molar-refractivity contribution in [3.05, 3.63) is 167 Å². The summed E-state index contributed by atoms with van der Waals surface area (Å²) in [7, 11) is 2.33. The van der Waals surface area contributed by atoms with Gasteiger partial charge in [0.1, 0.15) is 23.3 Å². The van der Waals surface area contributed by atoms with Crippen LogP contribution in [0.15, 0.2) is 133 Å². The summed E-state index contributed by atoms with van der Waals surface area (Å²) < 4.78 is 16.4. The van der Waals surface area contributed by atoms with Crippen molar-refractivity contribution < 1.29 is 48.1 Å². The van der Waals surface area contributed by atoms with Gasteiger partial charge in [0.25, 0.3) is 0 Å². The topological polar surface area (TPSA) is 172 Å². The van der Waals surface area contributed by atoms with Crippen molar-refractivity contribution in [2.45, 2.75) is 81.1 Å². The monoisotopic (exact) mass is 956 g/mol. The number of urea groups is 1. The summed E-state index contributed by atoms with van der Waals surface area (Å²) in [6.45, 7) is 2.59. The SMILES string of the molecule is COC(=O)C(CC#Cc1ccc2c(c1)[C@]1(C(=O)N2C(=O)N[C@H](C)c2ccccc2)[C@H](C(=O)N2CCCCCCC2)[C@H]2C(=O)O[C@H](c3ccccc3)[C@H](c3ccccc3)N2[C@@H]1c1ccc(O)cc1)C(=O)OC. The largest absolute Gasteiger partial charge is 0.508 e. The number of phenols is 1. The molecule has 1 spiro atoms. The first-order valence-electron chi connectivity index (χ1n) is 24.1. The molecule has 7 atom stereocenters. The lowest BCUT2D eigenvalue weighted by Gasteiger charge is -2.46. The van der Waals surface area contributed by atoms with Crippen molar-refractivity contribution in [2.75, 3.05) is 32.2 Å². The van der Waals surface area contributed by atoms with Gasteiger partial charge in [-0.2, -0.15) is 0 Å². The summed E-state index contributed by atoms with van der Waals surface area (Å²) in [5.74, 6) is -0.380. The van der Waals surface area contributed by atoms with E-state index in [2.05, 4.69) is 17.2 Å². The van der Waals surface area contributed by atoms with Crippen molar-refractivity contribution in [2.24, 2.45) is 11.8 Å². The molecule has 2 N–H and O–H groups in total. The lowest BCUT2D eigenvalue weighted by Crippen LogP contribution is -2.57. The number of carbonyl (C=O) groups is 6. The van der Waals surface area contributed by atoms with Crippen LogP contribution in [-0.2, 0) is 43.6 Å². The second-order valence-corrected chi connectivity index (χ2v) is 18.5. The van der Waals surface area contributed by atoms with Crippen molar-refractivity contribution >= 4 is 41.4 Å². The number of rotatable bonds is 9. The highest BCUT2D eigenvalue weighted by Crippen LogP contribution is 2.66. The molecule has 0 aliphatic carbocycles. The van der Waals surface area contributed by atoms with Crippen molar-refractivity contribution in [3.63, 3.8) is 0 Å². The van der Waals surface area contributed by atoms with E-state index in [1.54, 1.807) is 35.2 Å². The van der Waals surface area contributed by atoms with Crippen molar-refractivity contribution in [1.29, 1.82) is 0 Å². The van der Waals surface area contributed by atoms with Crippen LogP contribution in [0.3, 0.4) is 0 Å². The zero-order valence-corrected chi connectivity index (χ0v) is 39.9. The number of fused-ring (bicyclic) bond motifs is 3. The van der Waals surface area contributed by atoms with Crippen LogP contribution < -0.4 is 10.2 Å². The number of hydrogen-bond acceptors (Lipinski definition) is 11. The summed E-state index contributed by atoms with van der Waals surface area (Å²) in [5, 5.41) is 13.9. The molecule has 0 radical (unpaired) electrons. The molecular formula is C57H56N4O10. The highest BCUT2D eigenvalue weighted by molar-refractivity contribution is 6.24. The molecule has 14 heteroatoms. The summed E-state index contributed by atoms with van der Waals surface area (Å²) in [4.78, 5) is 93.8. The van der Waals surface area contributed by atoms with Crippen LogP contribution in [0.25, 0.3) is 0 Å². The first-order chi connectivity index (χ1) is 34.5. The minimum absolute atomic E-state index is 0.0470. The summed E-state index contributed by atoms with van der Waals surface area (Å²) >= 11 is 0. The molecule has 4 aliphatic heterocycles. The molecule has 5 aromatic carbocycles. The predicted octanol–water partition coefficient (Wildman–Crippen LogP) is 8.03. The van der Waals surface area contributed by atoms with Gasteiger partial charge in [0, 0.05) is 25.1 Å². The quantitative estimate of drug-likeness (QED) is 0.0635. The van der Waals surface area contributed by atoms with Gasteiger partial charge in [-0.1, -0.05) is 134 Å².